The normalized spacial score (nSPS) is 9.85. The quantitative estimate of drug-likeness (QED) is 0.751. The van der Waals surface area contributed by atoms with E-state index in [0.717, 1.165) is 0 Å². The lowest BCUT2D eigenvalue weighted by Gasteiger charge is -2.09. The third-order valence-electron chi connectivity index (χ3n) is 2.56. The maximum absolute atomic E-state index is 12.0. The van der Waals surface area contributed by atoms with E-state index in [2.05, 4.69) is 20.8 Å². The van der Waals surface area contributed by atoms with E-state index in [-0.39, 0.29) is 11.6 Å². The fraction of sp³-hybridized carbons (Fsp3) is 0.0769. The molecule has 0 aliphatic rings. The minimum Gasteiger partial charge on any atom is -0.355 e. The highest BCUT2D eigenvalue weighted by atomic mass is 16.2. The Labute approximate surface area is 114 Å². The van der Waals surface area contributed by atoms with Gasteiger partial charge < -0.3 is 10.6 Å². The van der Waals surface area contributed by atoms with E-state index in [1.165, 1.54) is 19.2 Å². The Hall–Kier alpha value is -2.96. The zero-order valence-electron chi connectivity index (χ0n) is 10.6. The first-order valence-electron chi connectivity index (χ1n) is 5.80. The Morgan fingerprint density at radius 3 is 2.50 bits per heavy atom. The molecule has 0 fully saturated rings. The Morgan fingerprint density at radius 2 is 1.85 bits per heavy atom. The van der Waals surface area contributed by atoms with Crippen LogP contribution in [0.1, 0.15) is 20.8 Å². The summed E-state index contributed by atoms with van der Waals surface area (Å²) in [6.07, 6.45) is 0. The second-order valence-electron chi connectivity index (χ2n) is 3.89. The van der Waals surface area contributed by atoms with Gasteiger partial charge >= 0.3 is 0 Å². The molecule has 1 heterocycles. The molecular weight excluding hydrogens is 260 g/mol. The molecule has 7 heteroatoms. The molecule has 2 amide bonds. The lowest BCUT2D eigenvalue weighted by atomic mass is 10.1. The van der Waals surface area contributed by atoms with Gasteiger partial charge in [0, 0.05) is 13.1 Å². The number of hydrogen-bond acceptors (Lipinski definition) is 4. The van der Waals surface area contributed by atoms with Crippen LogP contribution in [0.4, 0.5) is 5.69 Å². The van der Waals surface area contributed by atoms with Crippen LogP contribution in [-0.2, 0) is 0 Å². The standard InChI is InChI=1S/C13H12N4O3/c1-14-12(19)8-4-2-3-5-9(8)15-13(20)10-6-7-11(18)17-16-10/h2-7H,1H3,(H,14,19)(H,15,20)(H,17,18). The predicted molar refractivity (Wildman–Crippen MR) is 72.6 cm³/mol. The second kappa shape index (κ2) is 5.79. The maximum atomic E-state index is 12.0. The molecule has 102 valence electrons. The maximum Gasteiger partial charge on any atom is 0.276 e. The third kappa shape index (κ3) is 2.89. The topological polar surface area (TPSA) is 104 Å². The average Bonchev–Trinajstić information content (AvgIpc) is 2.47. The van der Waals surface area contributed by atoms with Crippen molar-refractivity contribution < 1.29 is 9.59 Å². The summed E-state index contributed by atoms with van der Waals surface area (Å²) in [7, 11) is 1.50. The lowest BCUT2D eigenvalue weighted by molar-refractivity contribution is 0.0964. The molecule has 20 heavy (non-hydrogen) atoms. The van der Waals surface area contributed by atoms with Gasteiger partial charge in [-0.25, -0.2) is 5.10 Å². The lowest BCUT2D eigenvalue weighted by Crippen LogP contribution is -2.22. The Balaban J connectivity index is 2.26. The van der Waals surface area contributed by atoms with Crippen molar-refractivity contribution in [2.45, 2.75) is 0 Å². The monoisotopic (exact) mass is 272 g/mol. The molecule has 2 rings (SSSR count). The van der Waals surface area contributed by atoms with Crippen LogP contribution in [0.5, 0.6) is 0 Å². The van der Waals surface area contributed by atoms with E-state index in [1.807, 2.05) is 0 Å². The first-order valence-corrected chi connectivity index (χ1v) is 5.80. The number of aromatic nitrogens is 2. The van der Waals surface area contributed by atoms with E-state index in [1.54, 1.807) is 24.3 Å². The number of rotatable bonds is 3. The summed E-state index contributed by atoms with van der Waals surface area (Å²) in [6.45, 7) is 0. The number of aromatic amines is 1. The van der Waals surface area contributed by atoms with Crippen LogP contribution in [0, 0.1) is 0 Å². The second-order valence-corrected chi connectivity index (χ2v) is 3.89. The Kier molecular flexibility index (Phi) is 3.90. The summed E-state index contributed by atoms with van der Waals surface area (Å²) in [4.78, 5) is 34.5. The highest BCUT2D eigenvalue weighted by molar-refractivity contribution is 6.08. The molecule has 0 atom stereocenters. The Morgan fingerprint density at radius 1 is 1.10 bits per heavy atom. The number of hydrogen-bond donors (Lipinski definition) is 3. The molecule has 1 aromatic carbocycles. The zero-order valence-corrected chi connectivity index (χ0v) is 10.6. The molecule has 0 unspecified atom stereocenters. The SMILES string of the molecule is CNC(=O)c1ccccc1NC(=O)c1ccc(=O)[nH]n1. The van der Waals surface area contributed by atoms with Gasteiger partial charge in [-0.05, 0) is 18.2 Å². The van der Waals surface area contributed by atoms with Crippen molar-refractivity contribution in [2.75, 3.05) is 12.4 Å². The summed E-state index contributed by atoms with van der Waals surface area (Å²) in [5.41, 5.74) is 0.362. The summed E-state index contributed by atoms with van der Waals surface area (Å²) in [5, 5.41) is 10.9. The van der Waals surface area contributed by atoms with Gasteiger partial charge in [0.1, 0.15) is 5.69 Å². The van der Waals surface area contributed by atoms with Gasteiger partial charge in [-0.3, -0.25) is 14.4 Å². The van der Waals surface area contributed by atoms with Crippen LogP contribution < -0.4 is 16.2 Å². The van der Waals surface area contributed by atoms with Crippen molar-refractivity contribution in [1.82, 2.24) is 15.5 Å². The van der Waals surface area contributed by atoms with E-state index in [0.29, 0.717) is 11.3 Å². The minimum atomic E-state index is -0.516. The average molecular weight is 272 g/mol. The highest BCUT2D eigenvalue weighted by Gasteiger charge is 2.13. The number of amides is 2. The number of nitrogens with zero attached hydrogens (tertiary/aromatic N) is 1. The number of carbonyl (C=O) groups is 2. The Bertz CT molecular complexity index is 688. The minimum absolute atomic E-state index is 0.0521. The van der Waals surface area contributed by atoms with Crippen molar-refractivity contribution in [2.24, 2.45) is 0 Å². The van der Waals surface area contributed by atoms with Crippen LogP contribution in [0.15, 0.2) is 41.2 Å². The largest absolute Gasteiger partial charge is 0.355 e. The van der Waals surface area contributed by atoms with Crippen LogP contribution in [0.2, 0.25) is 0 Å². The fourth-order valence-electron chi connectivity index (χ4n) is 1.58. The number of nitrogens with one attached hydrogen (secondary N) is 3. The molecule has 1 aromatic heterocycles. The van der Waals surface area contributed by atoms with E-state index < -0.39 is 11.5 Å². The molecule has 7 nitrogen and oxygen atoms in total. The van der Waals surface area contributed by atoms with Crippen molar-refractivity contribution in [3.63, 3.8) is 0 Å². The van der Waals surface area contributed by atoms with E-state index in [9.17, 15) is 14.4 Å². The van der Waals surface area contributed by atoms with Gasteiger partial charge in [-0.1, -0.05) is 12.1 Å². The molecule has 3 N–H and O–H groups in total. The first-order chi connectivity index (χ1) is 9.61. The van der Waals surface area contributed by atoms with E-state index >= 15 is 0 Å². The van der Waals surface area contributed by atoms with Crippen LogP contribution in [-0.4, -0.2) is 29.1 Å². The number of anilines is 1. The molecule has 0 saturated carbocycles. The first kappa shape index (κ1) is 13.5. The summed E-state index contributed by atoms with van der Waals surface area (Å²) < 4.78 is 0. The van der Waals surface area contributed by atoms with Crippen molar-refractivity contribution >= 4 is 17.5 Å². The van der Waals surface area contributed by atoms with E-state index in [4.69, 9.17) is 0 Å². The van der Waals surface area contributed by atoms with Crippen molar-refractivity contribution in [1.29, 1.82) is 0 Å². The van der Waals surface area contributed by atoms with Gasteiger partial charge in [0.2, 0.25) is 0 Å². The predicted octanol–water partition coefficient (Wildman–Crippen LogP) is 0.382. The molecule has 0 aliphatic carbocycles. The van der Waals surface area contributed by atoms with Gasteiger partial charge in [0.15, 0.2) is 0 Å². The number of H-pyrrole nitrogens is 1. The van der Waals surface area contributed by atoms with Gasteiger partial charge in [0.05, 0.1) is 11.3 Å². The molecule has 0 aliphatic heterocycles. The fourth-order valence-corrected chi connectivity index (χ4v) is 1.58. The van der Waals surface area contributed by atoms with Gasteiger partial charge in [-0.15, -0.1) is 0 Å². The summed E-state index contributed by atoms with van der Waals surface area (Å²) >= 11 is 0. The molecule has 0 bridgehead atoms. The molecule has 0 saturated heterocycles. The van der Waals surface area contributed by atoms with Crippen LogP contribution in [0.25, 0.3) is 0 Å². The van der Waals surface area contributed by atoms with Gasteiger partial charge in [-0.2, -0.15) is 5.10 Å². The van der Waals surface area contributed by atoms with Crippen molar-refractivity contribution in [3.05, 3.63) is 58.0 Å². The zero-order chi connectivity index (χ0) is 14.5. The number of para-hydroxylation sites is 1. The van der Waals surface area contributed by atoms with Crippen LogP contribution in [0.3, 0.4) is 0 Å². The third-order valence-corrected chi connectivity index (χ3v) is 2.56. The number of carbonyl (C=O) groups excluding carboxylic acids is 2. The number of benzene rings is 1. The summed E-state index contributed by atoms with van der Waals surface area (Å²) in [5.74, 6) is -0.826. The van der Waals surface area contributed by atoms with Crippen molar-refractivity contribution in [3.8, 4) is 0 Å². The molecule has 2 aromatic rings. The summed E-state index contributed by atoms with van der Waals surface area (Å²) in [6, 6.07) is 9.09. The smallest absolute Gasteiger partial charge is 0.276 e. The molecule has 0 radical (unpaired) electrons. The highest BCUT2D eigenvalue weighted by Crippen LogP contribution is 2.15. The van der Waals surface area contributed by atoms with Crippen LogP contribution >= 0.6 is 0 Å². The van der Waals surface area contributed by atoms with Gasteiger partial charge in [0.25, 0.3) is 17.4 Å². The molecule has 0 spiro atoms. The molecular formula is C13H12N4O3.